The number of rotatable bonds is 4. The fraction of sp³-hybridized carbons (Fsp3) is 0.923. The number of carbonyl (C=O) groups is 1. The van der Waals surface area contributed by atoms with Gasteiger partial charge in [0.15, 0.2) is 0 Å². The number of nitrogens with one attached hydrogen (secondary N) is 1. The molecule has 0 aromatic rings. The number of hydrogen-bond donors (Lipinski definition) is 1. The Labute approximate surface area is 103 Å². The lowest BCUT2D eigenvalue weighted by atomic mass is 10.1. The lowest BCUT2D eigenvalue weighted by Gasteiger charge is -2.22. The summed E-state index contributed by atoms with van der Waals surface area (Å²) >= 11 is 2.02. The van der Waals surface area contributed by atoms with Crippen LogP contribution in [0.25, 0.3) is 0 Å². The number of thioether (sulfide) groups is 1. The average Bonchev–Trinajstić information content (AvgIpc) is 2.90. The van der Waals surface area contributed by atoms with Gasteiger partial charge in [-0.15, -0.1) is 0 Å². The molecule has 0 radical (unpaired) electrons. The lowest BCUT2D eigenvalue weighted by Crippen LogP contribution is -2.41. The number of hydrogen-bond acceptors (Lipinski definition) is 2. The van der Waals surface area contributed by atoms with Crippen LogP contribution < -0.4 is 5.32 Å². The molecule has 2 saturated carbocycles. The Bertz CT molecular complexity index is 238. The van der Waals surface area contributed by atoms with Gasteiger partial charge in [0.2, 0.25) is 5.91 Å². The fourth-order valence-corrected chi connectivity index (χ4v) is 4.19. The van der Waals surface area contributed by atoms with Crippen LogP contribution in [-0.4, -0.2) is 23.0 Å². The van der Waals surface area contributed by atoms with E-state index in [1.165, 1.54) is 37.9 Å². The van der Waals surface area contributed by atoms with Crippen LogP contribution in [0.5, 0.6) is 0 Å². The minimum Gasteiger partial charge on any atom is -0.352 e. The third kappa shape index (κ3) is 2.93. The van der Waals surface area contributed by atoms with Crippen molar-refractivity contribution in [2.75, 3.05) is 5.75 Å². The fourth-order valence-electron chi connectivity index (χ4n) is 2.99. The van der Waals surface area contributed by atoms with Crippen LogP contribution in [0, 0.1) is 5.92 Å². The lowest BCUT2D eigenvalue weighted by molar-refractivity contribution is -0.125. The highest BCUT2D eigenvalue weighted by Crippen LogP contribution is 2.31. The van der Waals surface area contributed by atoms with Crippen LogP contribution in [0.2, 0.25) is 0 Å². The third-order valence-electron chi connectivity index (χ3n) is 3.89. The van der Waals surface area contributed by atoms with Crippen molar-refractivity contribution in [3.63, 3.8) is 0 Å². The summed E-state index contributed by atoms with van der Waals surface area (Å²) in [6.45, 7) is 2.21. The van der Waals surface area contributed by atoms with Gasteiger partial charge in [-0.2, -0.15) is 11.8 Å². The van der Waals surface area contributed by atoms with Gasteiger partial charge < -0.3 is 5.32 Å². The summed E-state index contributed by atoms with van der Waals surface area (Å²) in [4.78, 5) is 12.0. The molecular formula is C13H23NOS. The molecule has 0 saturated heterocycles. The summed E-state index contributed by atoms with van der Waals surface area (Å²) in [5.74, 6) is 1.83. The van der Waals surface area contributed by atoms with Crippen LogP contribution in [0.15, 0.2) is 0 Å². The third-order valence-corrected chi connectivity index (χ3v) is 5.21. The van der Waals surface area contributed by atoms with Gasteiger partial charge in [-0.25, -0.2) is 0 Å². The van der Waals surface area contributed by atoms with Crippen molar-refractivity contribution in [1.29, 1.82) is 0 Å². The Balaban J connectivity index is 1.81. The molecule has 2 aliphatic rings. The quantitative estimate of drug-likeness (QED) is 0.820. The molecule has 2 nitrogen and oxygen atoms in total. The van der Waals surface area contributed by atoms with Crippen molar-refractivity contribution in [1.82, 2.24) is 5.32 Å². The van der Waals surface area contributed by atoms with Crippen LogP contribution in [0.1, 0.15) is 51.9 Å². The summed E-state index contributed by atoms with van der Waals surface area (Å²) < 4.78 is 0. The largest absolute Gasteiger partial charge is 0.352 e. The summed E-state index contributed by atoms with van der Waals surface area (Å²) in [5.41, 5.74) is 0. The second-order valence-corrected chi connectivity index (χ2v) is 6.54. The van der Waals surface area contributed by atoms with Crippen molar-refractivity contribution in [3.8, 4) is 0 Å². The SMILES string of the molecule is CCS[C@H]1CCC[C@@H]1NC(=O)C1CCCC1. The number of amides is 1. The summed E-state index contributed by atoms with van der Waals surface area (Å²) in [6, 6.07) is 0.457. The normalized spacial score (nSPS) is 30.8. The van der Waals surface area contributed by atoms with Gasteiger partial charge >= 0.3 is 0 Å². The molecule has 3 heteroatoms. The zero-order valence-corrected chi connectivity index (χ0v) is 11.0. The highest BCUT2D eigenvalue weighted by molar-refractivity contribution is 7.99. The number of carbonyl (C=O) groups excluding carboxylic acids is 1. The average molecular weight is 241 g/mol. The minimum absolute atomic E-state index is 0.327. The zero-order chi connectivity index (χ0) is 11.4. The smallest absolute Gasteiger partial charge is 0.223 e. The Hall–Kier alpha value is -0.180. The zero-order valence-electron chi connectivity index (χ0n) is 10.2. The van der Waals surface area contributed by atoms with Gasteiger partial charge in [0.25, 0.3) is 0 Å². The first kappa shape index (κ1) is 12.3. The van der Waals surface area contributed by atoms with E-state index in [9.17, 15) is 4.79 Å². The van der Waals surface area contributed by atoms with Gasteiger partial charge in [0.1, 0.15) is 0 Å². The van der Waals surface area contributed by atoms with Gasteiger partial charge in [0, 0.05) is 17.2 Å². The molecule has 2 rings (SSSR count). The monoisotopic (exact) mass is 241 g/mol. The highest BCUT2D eigenvalue weighted by Gasteiger charge is 2.31. The molecule has 1 N–H and O–H groups in total. The van der Waals surface area contributed by atoms with Crippen LogP contribution in [0.4, 0.5) is 0 Å². The maximum Gasteiger partial charge on any atom is 0.223 e. The van der Waals surface area contributed by atoms with Crippen molar-refractivity contribution in [2.24, 2.45) is 5.92 Å². The van der Waals surface area contributed by atoms with E-state index in [1.807, 2.05) is 11.8 Å². The summed E-state index contributed by atoms with van der Waals surface area (Å²) in [7, 11) is 0. The molecule has 0 spiro atoms. The van der Waals surface area contributed by atoms with Gasteiger partial charge in [-0.1, -0.05) is 26.2 Å². The second-order valence-electron chi connectivity index (χ2n) is 5.02. The molecule has 0 unspecified atom stereocenters. The molecule has 0 bridgehead atoms. The Kier molecular flexibility index (Phi) is 4.56. The predicted molar refractivity (Wildman–Crippen MR) is 69.7 cm³/mol. The molecular weight excluding hydrogens is 218 g/mol. The maximum atomic E-state index is 12.0. The van der Waals surface area contributed by atoms with E-state index in [0.717, 1.165) is 12.8 Å². The van der Waals surface area contributed by atoms with Crippen LogP contribution in [-0.2, 0) is 4.79 Å². The molecule has 0 heterocycles. The van der Waals surface area contributed by atoms with Crippen LogP contribution in [0.3, 0.4) is 0 Å². The van der Waals surface area contributed by atoms with Crippen LogP contribution >= 0.6 is 11.8 Å². The molecule has 0 aromatic carbocycles. The first-order valence-corrected chi connectivity index (χ1v) is 7.78. The van der Waals surface area contributed by atoms with E-state index in [1.54, 1.807) is 0 Å². The predicted octanol–water partition coefficient (Wildman–Crippen LogP) is 2.97. The van der Waals surface area contributed by atoms with E-state index in [2.05, 4.69) is 12.2 Å². The molecule has 2 aliphatic carbocycles. The first-order chi connectivity index (χ1) is 7.81. The van der Waals surface area contributed by atoms with Crippen molar-refractivity contribution >= 4 is 17.7 Å². The maximum absolute atomic E-state index is 12.0. The Morgan fingerprint density at radius 1 is 1.19 bits per heavy atom. The second kappa shape index (κ2) is 5.95. The van der Waals surface area contributed by atoms with Gasteiger partial charge in [-0.3, -0.25) is 4.79 Å². The molecule has 0 aliphatic heterocycles. The molecule has 92 valence electrons. The Morgan fingerprint density at radius 2 is 1.94 bits per heavy atom. The van der Waals surface area contributed by atoms with Gasteiger partial charge in [0.05, 0.1) is 0 Å². The minimum atomic E-state index is 0.327. The standard InChI is InChI=1S/C13H23NOS/c1-2-16-12-9-5-8-11(12)14-13(15)10-6-3-4-7-10/h10-12H,2-9H2,1H3,(H,14,15)/t11-,12-/m0/s1. The van der Waals surface area contributed by atoms with E-state index >= 15 is 0 Å². The highest BCUT2D eigenvalue weighted by atomic mass is 32.2. The van der Waals surface area contributed by atoms with Crippen molar-refractivity contribution < 1.29 is 4.79 Å². The Morgan fingerprint density at radius 3 is 2.62 bits per heavy atom. The molecule has 2 atom stereocenters. The molecule has 16 heavy (non-hydrogen) atoms. The summed E-state index contributed by atoms with van der Waals surface area (Å²) in [5, 5.41) is 3.97. The van der Waals surface area contributed by atoms with E-state index in [-0.39, 0.29) is 0 Å². The molecule has 2 fully saturated rings. The van der Waals surface area contributed by atoms with Crippen molar-refractivity contribution in [3.05, 3.63) is 0 Å². The molecule has 1 amide bonds. The first-order valence-electron chi connectivity index (χ1n) is 6.73. The van der Waals surface area contributed by atoms with E-state index in [0.29, 0.717) is 23.1 Å². The van der Waals surface area contributed by atoms with Crippen molar-refractivity contribution in [2.45, 2.75) is 63.2 Å². The van der Waals surface area contributed by atoms with E-state index < -0.39 is 0 Å². The molecule has 0 aromatic heterocycles. The van der Waals surface area contributed by atoms with Gasteiger partial charge in [-0.05, 0) is 31.4 Å². The summed E-state index contributed by atoms with van der Waals surface area (Å²) in [6.07, 6.45) is 8.48. The topological polar surface area (TPSA) is 29.1 Å². The van der Waals surface area contributed by atoms with E-state index in [4.69, 9.17) is 0 Å².